The van der Waals surface area contributed by atoms with Crippen LogP contribution in [0.25, 0.3) is 0 Å². The van der Waals surface area contributed by atoms with Gasteiger partial charge in [-0.1, -0.05) is 104 Å². The predicted octanol–water partition coefficient (Wildman–Crippen LogP) is 10.7. The highest BCUT2D eigenvalue weighted by Crippen LogP contribution is 2.35. The first-order chi connectivity index (χ1) is 18.0. The lowest BCUT2D eigenvalue weighted by atomic mass is 9.84. The van der Waals surface area contributed by atoms with Gasteiger partial charge in [-0.15, -0.1) is 23.2 Å². The summed E-state index contributed by atoms with van der Waals surface area (Å²) < 4.78 is 11.5. The summed E-state index contributed by atoms with van der Waals surface area (Å²) in [7, 11) is 3.53. The molecule has 0 spiro atoms. The number of halogens is 2. The van der Waals surface area contributed by atoms with Crippen LogP contribution in [0.3, 0.4) is 0 Å². The Morgan fingerprint density at radius 3 is 1.05 bits per heavy atom. The maximum Gasteiger partial charge on any atom is 0.126 e. The summed E-state index contributed by atoms with van der Waals surface area (Å²) in [5.41, 5.74) is 7.72. The highest BCUT2D eigenvalue weighted by Gasteiger charge is 2.20. The van der Waals surface area contributed by atoms with Crippen molar-refractivity contribution in [1.29, 1.82) is 0 Å². The first-order valence-corrected chi connectivity index (χ1v) is 15.6. The smallest absolute Gasteiger partial charge is 0.126 e. The third-order valence-electron chi connectivity index (χ3n) is 7.56. The molecular formula is C34H52Cl2O2. The van der Waals surface area contributed by atoms with Crippen molar-refractivity contribution in [1.82, 2.24) is 0 Å². The Kier molecular flexibility index (Phi) is 13.3. The van der Waals surface area contributed by atoms with Crippen LogP contribution in [-0.2, 0) is 35.4 Å². The van der Waals surface area contributed by atoms with Gasteiger partial charge in [0.05, 0.1) is 26.0 Å². The van der Waals surface area contributed by atoms with E-state index >= 15 is 0 Å². The predicted molar refractivity (Wildman–Crippen MR) is 167 cm³/mol. The summed E-state index contributed by atoms with van der Waals surface area (Å²) in [6, 6.07) is 9.08. The Morgan fingerprint density at radius 1 is 0.500 bits per heavy atom. The van der Waals surface area contributed by atoms with Gasteiger partial charge in [0.15, 0.2) is 0 Å². The molecule has 0 aliphatic carbocycles. The number of methoxy groups -OCH3 is 2. The van der Waals surface area contributed by atoms with Crippen LogP contribution >= 0.6 is 23.2 Å². The molecule has 0 saturated heterocycles. The van der Waals surface area contributed by atoms with Gasteiger partial charge < -0.3 is 9.47 Å². The van der Waals surface area contributed by atoms with Gasteiger partial charge in [0.1, 0.15) is 11.5 Å². The number of ether oxygens (including phenoxy) is 2. The number of benzene rings is 2. The van der Waals surface area contributed by atoms with Gasteiger partial charge in [-0.25, -0.2) is 0 Å². The van der Waals surface area contributed by atoms with Crippen LogP contribution in [-0.4, -0.2) is 14.2 Å². The molecule has 4 heteroatoms. The van der Waals surface area contributed by atoms with Crippen molar-refractivity contribution >= 4 is 23.2 Å². The quantitative estimate of drug-likeness (QED) is 0.158. The SMILES string of the molecule is COc1c(CCl)cc(C(C)(C)C)cc1CCCCCCCCCCc1cc(C(C)(C)C)cc(CCl)c1OC. The fraction of sp³-hybridized carbons (Fsp3) is 0.647. The lowest BCUT2D eigenvalue weighted by molar-refractivity contribution is 0.404. The van der Waals surface area contributed by atoms with Crippen molar-refractivity contribution < 1.29 is 9.47 Å². The van der Waals surface area contributed by atoms with Crippen LogP contribution in [0.4, 0.5) is 0 Å². The normalized spacial score (nSPS) is 12.2. The Bertz CT molecular complexity index is 918. The van der Waals surface area contributed by atoms with Gasteiger partial charge in [-0.05, 0) is 58.8 Å². The first kappa shape index (κ1) is 32.8. The molecule has 0 fully saturated rings. The second-order valence-electron chi connectivity index (χ2n) is 12.8. The van der Waals surface area contributed by atoms with Crippen molar-refractivity contribution in [3.05, 3.63) is 57.6 Å². The van der Waals surface area contributed by atoms with Gasteiger partial charge >= 0.3 is 0 Å². The van der Waals surface area contributed by atoms with E-state index in [4.69, 9.17) is 32.7 Å². The van der Waals surface area contributed by atoms with Crippen LogP contribution in [0.2, 0.25) is 0 Å². The van der Waals surface area contributed by atoms with Crippen LogP contribution in [0.5, 0.6) is 11.5 Å². The number of aryl methyl sites for hydroxylation is 2. The molecule has 2 nitrogen and oxygen atoms in total. The van der Waals surface area contributed by atoms with Crippen LogP contribution < -0.4 is 9.47 Å². The maximum absolute atomic E-state index is 6.26. The number of alkyl halides is 2. The minimum atomic E-state index is 0.106. The molecule has 0 atom stereocenters. The Morgan fingerprint density at radius 2 is 0.789 bits per heavy atom. The molecule has 0 unspecified atom stereocenters. The maximum atomic E-state index is 6.26. The standard InChI is InChI=1S/C34H52Cl2O2/c1-33(2,3)29-19-25(31(37-7)27(21-29)23-35)17-15-13-11-9-10-12-14-16-18-26-20-30(34(4,5)6)22-28(24-36)32(26)38-8/h19-22H,9-18,23-24H2,1-8H3. The molecule has 38 heavy (non-hydrogen) atoms. The average Bonchev–Trinajstić information content (AvgIpc) is 2.87. The second-order valence-corrected chi connectivity index (χ2v) is 13.3. The zero-order valence-corrected chi connectivity index (χ0v) is 26.9. The number of hydrogen-bond acceptors (Lipinski definition) is 2. The molecule has 0 radical (unpaired) electrons. The van der Waals surface area contributed by atoms with E-state index < -0.39 is 0 Å². The Balaban J connectivity index is 1.76. The van der Waals surface area contributed by atoms with Gasteiger partial charge in [-0.2, -0.15) is 0 Å². The molecular weight excluding hydrogens is 511 g/mol. The Labute approximate surface area is 243 Å². The summed E-state index contributed by atoms with van der Waals surface area (Å²) in [6.45, 7) is 13.5. The molecule has 0 aromatic heterocycles. The van der Waals surface area contributed by atoms with Crippen molar-refractivity contribution in [2.45, 2.75) is 128 Å². The van der Waals surface area contributed by atoms with Gasteiger partial charge in [0.25, 0.3) is 0 Å². The largest absolute Gasteiger partial charge is 0.496 e. The highest BCUT2D eigenvalue weighted by atomic mass is 35.5. The topological polar surface area (TPSA) is 18.5 Å². The third kappa shape index (κ3) is 9.67. The summed E-state index contributed by atoms with van der Waals surface area (Å²) >= 11 is 12.5. The summed E-state index contributed by atoms with van der Waals surface area (Å²) in [5.74, 6) is 2.94. The van der Waals surface area contributed by atoms with Gasteiger partial charge in [0.2, 0.25) is 0 Å². The monoisotopic (exact) mass is 562 g/mol. The van der Waals surface area contributed by atoms with E-state index in [-0.39, 0.29) is 10.8 Å². The van der Waals surface area contributed by atoms with E-state index in [0.717, 1.165) is 35.5 Å². The zero-order valence-electron chi connectivity index (χ0n) is 25.4. The molecule has 2 rings (SSSR count). The van der Waals surface area contributed by atoms with E-state index in [1.807, 2.05) is 0 Å². The molecule has 214 valence electrons. The van der Waals surface area contributed by atoms with Crippen LogP contribution in [0.1, 0.15) is 126 Å². The minimum absolute atomic E-state index is 0.106. The zero-order chi connectivity index (χ0) is 28.3. The number of hydrogen-bond donors (Lipinski definition) is 0. The molecule has 0 amide bonds. The van der Waals surface area contributed by atoms with Crippen molar-refractivity contribution in [3.63, 3.8) is 0 Å². The van der Waals surface area contributed by atoms with E-state index in [1.165, 1.54) is 73.6 Å². The fourth-order valence-electron chi connectivity index (χ4n) is 5.16. The molecule has 0 heterocycles. The van der Waals surface area contributed by atoms with Crippen LogP contribution in [0, 0.1) is 0 Å². The minimum Gasteiger partial charge on any atom is -0.496 e. The molecule has 0 bridgehead atoms. The Hall–Kier alpha value is -1.38. The molecule has 0 aliphatic heterocycles. The van der Waals surface area contributed by atoms with Crippen LogP contribution in [0.15, 0.2) is 24.3 Å². The van der Waals surface area contributed by atoms with Gasteiger partial charge in [-0.3, -0.25) is 0 Å². The first-order valence-electron chi connectivity index (χ1n) is 14.5. The average molecular weight is 564 g/mol. The van der Waals surface area contributed by atoms with Crippen molar-refractivity contribution in [2.75, 3.05) is 14.2 Å². The van der Waals surface area contributed by atoms with Gasteiger partial charge in [0, 0.05) is 11.1 Å². The molecule has 0 aliphatic rings. The highest BCUT2D eigenvalue weighted by molar-refractivity contribution is 6.17. The second kappa shape index (κ2) is 15.4. The molecule has 2 aromatic rings. The lowest BCUT2D eigenvalue weighted by Crippen LogP contribution is -2.13. The summed E-state index contributed by atoms with van der Waals surface area (Å²) in [6.07, 6.45) is 12.2. The fourth-order valence-corrected chi connectivity index (χ4v) is 5.56. The molecule has 0 N–H and O–H groups in total. The van der Waals surface area contributed by atoms with E-state index in [9.17, 15) is 0 Å². The number of unbranched alkanes of at least 4 members (excludes halogenated alkanes) is 7. The summed E-state index contributed by atoms with van der Waals surface area (Å²) in [5, 5.41) is 0. The third-order valence-corrected chi connectivity index (χ3v) is 8.13. The molecule has 2 aromatic carbocycles. The van der Waals surface area contributed by atoms with Crippen molar-refractivity contribution in [2.24, 2.45) is 0 Å². The van der Waals surface area contributed by atoms with Crippen molar-refractivity contribution in [3.8, 4) is 11.5 Å². The van der Waals surface area contributed by atoms with E-state index in [1.54, 1.807) is 14.2 Å². The number of rotatable bonds is 15. The van der Waals surface area contributed by atoms with E-state index in [0.29, 0.717) is 11.8 Å². The molecule has 0 saturated carbocycles. The summed E-state index contributed by atoms with van der Waals surface area (Å²) in [4.78, 5) is 0. The van der Waals surface area contributed by atoms with E-state index in [2.05, 4.69) is 65.8 Å². The lowest BCUT2D eigenvalue weighted by Gasteiger charge is -2.23.